The number of carboxylic acid groups (broad SMARTS) is 1. The second-order valence-corrected chi connectivity index (χ2v) is 5.53. The number of hydrogen-bond acceptors (Lipinski definition) is 4. The van der Waals surface area contributed by atoms with E-state index in [0.29, 0.717) is 11.4 Å². The van der Waals surface area contributed by atoms with Crippen LogP contribution in [0, 0.1) is 0 Å². The van der Waals surface area contributed by atoms with Crippen molar-refractivity contribution in [3.63, 3.8) is 0 Å². The highest BCUT2D eigenvalue weighted by Crippen LogP contribution is 2.22. The highest BCUT2D eigenvalue weighted by molar-refractivity contribution is 7.12. The summed E-state index contributed by atoms with van der Waals surface area (Å²) in [5, 5.41) is 10.9. The zero-order valence-electron chi connectivity index (χ0n) is 11.0. The molecule has 6 heteroatoms. The van der Waals surface area contributed by atoms with Crippen molar-refractivity contribution in [2.75, 3.05) is 13.1 Å². The largest absolute Gasteiger partial charge is 0.479 e. The lowest BCUT2D eigenvalue weighted by Crippen LogP contribution is -2.51. The number of ether oxygens (including phenoxy) is 1. The van der Waals surface area contributed by atoms with Crippen LogP contribution >= 0.6 is 11.3 Å². The zero-order valence-corrected chi connectivity index (χ0v) is 11.8. The molecule has 5 nitrogen and oxygen atoms in total. The molecule has 1 amide bonds. The molecule has 0 bridgehead atoms. The van der Waals surface area contributed by atoms with E-state index in [2.05, 4.69) is 0 Å². The maximum atomic E-state index is 12.4. The Morgan fingerprint density at radius 1 is 1.53 bits per heavy atom. The summed E-state index contributed by atoms with van der Waals surface area (Å²) in [5.74, 6) is -1.11. The Labute approximate surface area is 115 Å². The van der Waals surface area contributed by atoms with Crippen LogP contribution in [0.25, 0.3) is 0 Å². The molecule has 1 N–H and O–H groups in total. The van der Waals surface area contributed by atoms with Crippen molar-refractivity contribution < 1.29 is 19.4 Å². The highest BCUT2D eigenvalue weighted by atomic mass is 32.1. The average molecular weight is 283 g/mol. The van der Waals surface area contributed by atoms with Crippen molar-refractivity contribution in [3.05, 3.63) is 21.9 Å². The Balaban J connectivity index is 2.16. The number of rotatable bonds is 3. The third-order valence-electron chi connectivity index (χ3n) is 3.14. The Bertz CT molecular complexity index is 485. The van der Waals surface area contributed by atoms with Crippen LogP contribution in [0.1, 0.15) is 29.1 Å². The molecule has 19 heavy (non-hydrogen) atoms. The number of aliphatic carboxylic acids is 1. The van der Waals surface area contributed by atoms with E-state index in [1.165, 1.54) is 11.3 Å². The molecule has 1 aromatic rings. The maximum absolute atomic E-state index is 12.4. The molecule has 2 rings (SSSR count). The number of carboxylic acids is 1. The molecule has 104 valence electrons. The zero-order chi connectivity index (χ0) is 14.0. The fourth-order valence-electron chi connectivity index (χ4n) is 2.20. The standard InChI is InChI=1S/C13H17NO4S/c1-3-9-4-5-19-11(9)12(15)14-6-8(2)18-10(7-14)13(16)17/h4-5,8,10H,3,6-7H2,1-2H3,(H,16,17)/t8-,10?/m1/s1. The molecule has 1 aliphatic heterocycles. The molecular weight excluding hydrogens is 266 g/mol. The van der Waals surface area contributed by atoms with Crippen molar-refractivity contribution in [2.24, 2.45) is 0 Å². The second-order valence-electron chi connectivity index (χ2n) is 4.61. The van der Waals surface area contributed by atoms with Crippen LogP contribution in [0.3, 0.4) is 0 Å². The quantitative estimate of drug-likeness (QED) is 0.915. The lowest BCUT2D eigenvalue weighted by Gasteiger charge is -2.34. The van der Waals surface area contributed by atoms with Crippen LogP contribution in [0.5, 0.6) is 0 Å². The number of hydrogen-bond donors (Lipinski definition) is 1. The number of carbonyl (C=O) groups excluding carboxylic acids is 1. The van der Waals surface area contributed by atoms with Crippen molar-refractivity contribution >= 4 is 23.2 Å². The van der Waals surface area contributed by atoms with Crippen LogP contribution in [-0.2, 0) is 16.0 Å². The lowest BCUT2D eigenvalue weighted by atomic mass is 10.1. The minimum atomic E-state index is -1.02. The summed E-state index contributed by atoms with van der Waals surface area (Å²) in [5.41, 5.74) is 1.01. The Kier molecular flexibility index (Phi) is 4.21. The molecule has 1 aromatic heterocycles. The lowest BCUT2D eigenvalue weighted by molar-refractivity contribution is -0.160. The topological polar surface area (TPSA) is 66.8 Å². The molecule has 0 saturated carbocycles. The summed E-state index contributed by atoms with van der Waals surface area (Å²) < 4.78 is 5.31. The van der Waals surface area contributed by atoms with Crippen molar-refractivity contribution in [2.45, 2.75) is 32.5 Å². The van der Waals surface area contributed by atoms with Crippen LogP contribution in [-0.4, -0.2) is 47.2 Å². The van der Waals surface area contributed by atoms with E-state index in [4.69, 9.17) is 9.84 Å². The average Bonchev–Trinajstić information content (AvgIpc) is 2.85. The van der Waals surface area contributed by atoms with Gasteiger partial charge in [-0.3, -0.25) is 4.79 Å². The van der Waals surface area contributed by atoms with E-state index in [9.17, 15) is 9.59 Å². The molecule has 0 aromatic carbocycles. The molecule has 2 atom stereocenters. The SMILES string of the molecule is CCc1ccsc1C(=O)N1CC(C(=O)O)O[C@H](C)C1. The van der Waals surface area contributed by atoms with Crippen LogP contribution < -0.4 is 0 Å². The van der Waals surface area contributed by atoms with Crippen molar-refractivity contribution in [1.29, 1.82) is 0 Å². The van der Waals surface area contributed by atoms with Gasteiger partial charge >= 0.3 is 5.97 Å². The van der Waals surface area contributed by atoms with Gasteiger partial charge in [-0.1, -0.05) is 6.92 Å². The number of carbonyl (C=O) groups is 2. The number of amides is 1. The molecule has 1 unspecified atom stereocenters. The second kappa shape index (κ2) is 5.71. The highest BCUT2D eigenvalue weighted by Gasteiger charge is 2.33. The third-order valence-corrected chi connectivity index (χ3v) is 4.09. The van der Waals surface area contributed by atoms with E-state index < -0.39 is 12.1 Å². The van der Waals surface area contributed by atoms with Gasteiger partial charge in [-0.2, -0.15) is 0 Å². The number of morpholine rings is 1. The monoisotopic (exact) mass is 283 g/mol. The fourth-order valence-corrected chi connectivity index (χ4v) is 3.16. The fraction of sp³-hybridized carbons (Fsp3) is 0.538. The summed E-state index contributed by atoms with van der Waals surface area (Å²) in [7, 11) is 0. The Hall–Kier alpha value is -1.40. The van der Waals surface area contributed by atoms with Gasteiger partial charge in [-0.05, 0) is 30.4 Å². The summed E-state index contributed by atoms with van der Waals surface area (Å²) in [4.78, 5) is 25.7. The normalized spacial score (nSPS) is 23.4. The van der Waals surface area contributed by atoms with E-state index in [1.54, 1.807) is 11.8 Å². The predicted octanol–water partition coefficient (Wildman–Crippen LogP) is 1.62. The van der Waals surface area contributed by atoms with Gasteiger partial charge in [0.2, 0.25) is 0 Å². The van der Waals surface area contributed by atoms with Crippen molar-refractivity contribution in [3.8, 4) is 0 Å². The van der Waals surface area contributed by atoms with Crippen LogP contribution in [0.4, 0.5) is 0 Å². The molecule has 1 saturated heterocycles. The first-order valence-corrected chi connectivity index (χ1v) is 7.14. The first kappa shape index (κ1) is 14.0. The minimum absolute atomic E-state index is 0.0896. The third kappa shape index (κ3) is 2.96. The Morgan fingerprint density at radius 3 is 2.89 bits per heavy atom. The molecule has 0 spiro atoms. The summed E-state index contributed by atoms with van der Waals surface area (Å²) in [6.45, 7) is 4.33. The maximum Gasteiger partial charge on any atom is 0.334 e. The molecule has 1 fully saturated rings. The van der Waals surface area contributed by atoms with Gasteiger partial charge in [-0.25, -0.2) is 4.79 Å². The molecule has 1 aliphatic rings. The van der Waals surface area contributed by atoms with Crippen LogP contribution in [0.2, 0.25) is 0 Å². The van der Waals surface area contributed by atoms with Crippen molar-refractivity contribution in [1.82, 2.24) is 4.90 Å². The van der Waals surface area contributed by atoms with Gasteiger partial charge in [0.15, 0.2) is 6.10 Å². The van der Waals surface area contributed by atoms with Gasteiger partial charge in [0.25, 0.3) is 5.91 Å². The van der Waals surface area contributed by atoms with Gasteiger partial charge < -0.3 is 14.7 Å². The first-order chi connectivity index (χ1) is 9.02. The van der Waals surface area contributed by atoms with Gasteiger partial charge in [-0.15, -0.1) is 11.3 Å². The van der Waals surface area contributed by atoms with Gasteiger partial charge in [0.1, 0.15) is 0 Å². The molecule has 2 heterocycles. The minimum Gasteiger partial charge on any atom is -0.479 e. The number of nitrogens with zero attached hydrogens (tertiary/aromatic N) is 1. The summed E-state index contributed by atoms with van der Waals surface area (Å²) in [6, 6.07) is 1.94. The van der Waals surface area contributed by atoms with Gasteiger partial charge in [0.05, 0.1) is 17.5 Å². The van der Waals surface area contributed by atoms with Crippen LogP contribution in [0.15, 0.2) is 11.4 Å². The number of aryl methyl sites for hydroxylation is 1. The summed E-state index contributed by atoms with van der Waals surface area (Å²) >= 11 is 1.41. The Morgan fingerprint density at radius 2 is 2.26 bits per heavy atom. The number of thiophene rings is 1. The molecular formula is C13H17NO4S. The smallest absolute Gasteiger partial charge is 0.334 e. The first-order valence-electron chi connectivity index (χ1n) is 6.26. The summed E-state index contributed by atoms with van der Waals surface area (Å²) in [6.07, 6.45) is -0.395. The van der Waals surface area contributed by atoms with E-state index >= 15 is 0 Å². The van der Waals surface area contributed by atoms with E-state index in [0.717, 1.165) is 12.0 Å². The van der Waals surface area contributed by atoms with E-state index in [1.807, 2.05) is 18.4 Å². The van der Waals surface area contributed by atoms with Gasteiger partial charge in [0, 0.05) is 6.54 Å². The van der Waals surface area contributed by atoms with E-state index in [-0.39, 0.29) is 18.6 Å². The molecule has 0 aliphatic carbocycles. The molecule has 0 radical (unpaired) electrons. The predicted molar refractivity (Wildman–Crippen MR) is 71.6 cm³/mol.